The average molecular weight is 235 g/mol. The number of Topliss-reactive ketones (excluding diaryl/α,β-unsaturated/α-hetero) is 1. The molecule has 0 aliphatic carbocycles. The van der Waals surface area contributed by atoms with Gasteiger partial charge in [-0.25, -0.2) is 8.78 Å². The molecule has 0 aliphatic heterocycles. The first-order chi connectivity index (χ1) is 6.93. The van der Waals surface area contributed by atoms with Gasteiger partial charge in [-0.15, -0.1) is 11.6 Å². The summed E-state index contributed by atoms with van der Waals surface area (Å²) in [7, 11) is 0. The minimum absolute atomic E-state index is 0.0746. The normalized spacial score (nSPS) is 12.9. The Morgan fingerprint density at radius 1 is 1.47 bits per heavy atom. The Kier molecular flexibility index (Phi) is 3.63. The van der Waals surface area contributed by atoms with Crippen LogP contribution in [0.25, 0.3) is 0 Å². The molecule has 0 radical (unpaired) electrons. The molecule has 5 heteroatoms. The van der Waals surface area contributed by atoms with E-state index in [1.807, 2.05) is 0 Å². The Balaban J connectivity index is 3.13. The van der Waals surface area contributed by atoms with E-state index in [0.29, 0.717) is 0 Å². The van der Waals surface area contributed by atoms with Gasteiger partial charge in [0.1, 0.15) is 5.75 Å². The van der Waals surface area contributed by atoms with Crippen LogP contribution in [-0.4, -0.2) is 16.3 Å². The van der Waals surface area contributed by atoms with Crippen LogP contribution >= 0.6 is 11.6 Å². The van der Waals surface area contributed by atoms with Crippen LogP contribution in [0.15, 0.2) is 18.2 Å². The predicted octanol–water partition coefficient (Wildman–Crippen LogP) is 3.14. The molecule has 0 spiro atoms. The molecule has 1 aromatic carbocycles. The summed E-state index contributed by atoms with van der Waals surface area (Å²) >= 11 is 5.53. The van der Waals surface area contributed by atoms with E-state index in [1.165, 1.54) is 13.0 Å². The molecular formula is C10H9ClF2O2. The first-order valence-corrected chi connectivity index (χ1v) is 4.66. The monoisotopic (exact) mass is 234 g/mol. The van der Waals surface area contributed by atoms with E-state index in [4.69, 9.17) is 16.7 Å². The van der Waals surface area contributed by atoms with Gasteiger partial charge in [0.25, 0.3) is 6.43 Å². The van der Waals surface area contributed by atoms with Crippen molar-refractivity contribution in [1.29, 1.82) is 0 Å². The molecule has 82 valence electrons. The molecule has 1 unspecified atom stereocenters. The molecule has 1 aromatic rings. The highest BCUT2D eigenvalue weighted by Gasteiger charge is 2.18. The van der Waals surface area contributed by atoms with E-state index >= 15 is 0 Å². The number of hydrogen-bond acceptors (Lipinski definition) is 2. The second kappa shape index (κ2) is 4.57. The summed E-state index contributed by atoms with van der Waals surface area (Å²) in [5, 5.41) is 8.32. The molecule has 0 amide bonds. The van der Waals surface area contributed by atoms with Crippen molar-refractivity contribution in [2.24, 2.45) is 0 Å². The summed E-state index contributed by atoms with van der Waals surface area (Å²) in [6.45, 7) is 1.46. The molecule has 1 N–H and O–H groups in total. The Morgan fingerprint density at radius 2 is 2.07 bits per heavy atom. The zero-order valence-corrected chi connectivity index (χ0v) is 8.63. The minimum atomic E-state index is -2.82. The van der Waals surface area contributed by atoms with Crippen molar-refractivity contribution in [3.8, 4) is 5.75 Å². The van der Waals surface area contributed by atoms with Crippen LogP contribution in [0.5, 0.6) is 5.75 Å². The van der Waals surface area contributed by atoms with Crippen LogP contribution in [0.1, 0.15) is 29.3 Å². The van der Waals surface area contributed by atoms with Gasteiger partial charge in [0.15, 0.2) is 5.78 Å². The zero-order valence-electron chi connectivity index (χ0n) is 7.88. The molecule has 0 aliphatic rings. The SMILES string of the molecule is CC(Cl)C(=O)c1ccc(O)c(C(F)F)c1. The third kappa shape index (κ3) is 2.65. The summed E-state index contributed by atoms with van der Waals surface area (Å²) in [5.74, 6) is -0.970. The third-order valence-electron chi connectivity index (χ3n) is 1.91. The van der Waals surface area contributed by atoms with Crippen LogP contribution in [0.3, 0.4) is 0 Å². The molecule has 1 rings (SSSR count). The smallest absolute Gasteiger partial charge is 0.267 e. The third-order valence-corrected chi connectivity index (χ3v) is 2.11. The Hall–Kier alpha value is -1.16. The highest BCUT2D eigenvalue weighted by atomic mass is 35.5. The molecule has 0 aromatic heterocycles. The minimum Gasteiger partial charge on any atom is -0.507 e. The molecule has 0 bridgehead atoms. The molecule has 0 fully saturated rings. The lowest BCUT2D eigenvalue weighted by molar-refractivity contribution is 0.0991. The number of phenols is 1. The standard InChI is InChI=1S/C10H9ClF2O2/c1-5(11)9(15)6-2-3-8(14)7(4-6)10(12)13/h2-5,10,14H,1H3. The van der Waals surface area contributed by atoms with Gasteiger partial charge in [-0.2, -0.15) is 0 Å². The van der Waals surface area contributed by atoms with Crippen molar-refractivity contribution in [3.05, 3.63) is 29.3 Å². The summed E-state index contributed by atoms with van der Waals surface area (Å²) in [5.41, 5.74) is -0.483. The maximum atomic E-state index is 12.4. The van der Waals surface area contributed by atoms with Crippen molar-refractivity contribution in [3.63, 3.8) is 0 Å². The van der Waals surface area contributed by atoms with Gasteiger partial charge in [-0.05, 0) is 25.1 Å². The van der Waals surface area contributed by atoms with Crippen LogP contribution in [-0.2, 0) is 0 Å². The van der Waals surface area contributed by atoms with E-state index in [2.05, 4.69) is 0 Å². The summed E-state index contributed by atoms with van der Waals surface area (Å²) in [4.78, 5) is 11.4. The number of halogens is 3. The lowest BCUT2D eigenvalue weighted by atomic mass is 10.0. The summed E-state index contributed by atoms with van der Waals surface area (Å²) in [6, 6.07) is 3.29. The fourth-order valence-electron chi connectivity index (χ4n) is 1.11. The van der Waals surface area contributed by atoms with Gasteiger partial charge < -0.3 is 5.11 Å². The number of rotatable bonds is 3. The van der Waals surface area contributed by atoms with Gasteiger partial charge in [0, 0.05) is 5.56 Å². The molecule has 1 atom stereocenters. The first kappa shape index (κ1) is 11.9. The van der Waals surface area contributed by atoms with Crippen LogP contribution < -0.4 is 0 Å². The fraction of sp³-hybridized carbons (Fsp3) is 0.300. The van der Waals surface area contributed by atoms with Gasteiger partial charge in [0.05, 0.1) is 10.9 Å². The molecule has 15 heavy (non-hydrogen) atoms. The highest BCUT2D eigenvalue weighted by molar-refractivity contribution is 6.33. The van der Waals surface area contributed by atoms with Crippen molar-refractivity contribution in [2.45, 2.75) is 18.7 Å². The summed E-state index contributed by atoms with van der Waals surface area (Å²) in [6.07, 6.45) is -2.82. The predicted molar refractivity (Wildman–Crippen MR) is 52.7 cm³/mol. The van der Waals surface area contributed by atoms with Crippen LogP contribution in [0.4, 0.5) is 8.78 Å². The first-order valence-electron chi connectivity index (χ1n) is 4.23. The number of ketones is 1. The molecule has 2 nitrogen and oxygen atoms in total. The van der Waals surface area contributed by atoms with E-state index < -0.39 is 28.9 Å². The van der Waals surface area contributed by atoms with Gasteiger partial charge in [-0.1, -0.05) is 0 Å². The van der Waals surface area contributed by atoms with Crippen molar-refractivity contribution in [2.75, 3.05) is 0 Å². The van der Waals surface area contributed by atoms with Crippen molar-refractivity contribution < 1.29 is 18.7 Å². The second-order valence-electron chi connectivity index (χ2n) is 3.05. The quantitative estimate of drug-likeness (QED) is 0.644. The summed E-state index contributed by atoms with van der Waals surface area (Å²) < 4.78 is 24.7. The fourth-order valence-corrected chi connectivity index (χ4v) is 1.24. The number of alkyl halides is 3. The van der Waals surface area contributed by atoms with E-state index in [0.717, 1.165) is 12.1 Å². The maximum Gasteiger partial charge on any atom is 0.267 e. The molecule has 0 heterocycles. The molecule has 0 saturated carbocycles. The second-order valence-corrected chi connectivity index (χ2v) is 3.71. The maximum absolute atomic E-state index is 12.4. The molecule has 0 saturated heterocycles. The Labute approximate surface area is 90.5 Å². The van der Waals surface area contributed by atoms with Crippen molar-refractivity contribution >= 4 is 17.4 Å². The topological polar surface area (TPSA) is 37.3 Å². The lowest BCUT2D eigenvalue weighted by Gasteiger charge is -2.07. The van der Waals surface area contributed by atoms with Crippen molar-refractivity contribution in [1.82, 2.24) is 0 Å². The van der Waals surface area contributed by atoms with Gasteiger partial charge >= 0.3 is 0 Å². The Bertz CT molecular complexity index is 378. The lowest BCUT2D eigenvalue weighted by Crippen LogP contribution is -2.10. The van der Waals surface area contributed by atoms with Gasteiger partial charge in [-0.3, -0.25) is 4.79 Å². The number of phenolic OH excluding ortho intramolecular Hbond substituents is 1. The molecular weight excluding hydrogens is 226 g/mol. The van der Waals surface area contributed by atoms with Gasteiger partial charge in [0.2, 0.25) is 0 Å². The average Bonchev–Trinajstić information content (AvgIpc) is 2.16. The number of benzene rings is 1. The van der Waals surface area contributed by atoms with Crippen LogP contribution in [0.2, 0.25) is 0 Å². The van der Waals surface area contributed by atoms with Crippen LogP contribution in [0, 0.1) is 0 Å². The van der Waals surface area contributed by atoms with E-state index in [9.17, 15) is 13.6 Å². The van der Waals surface area contributed by atoms with E-state index in [1.54, 1.807) is 0 Å². The number of carbonyl (C=O) groups excluding carboxylic acids is 1. The number of carbonyl (C=O) groups is 1. The number of aromatic hydroxyl groups is 1. The largest absolute Gasteiger partial charge is 0.507 e. The highest BCUT2D eigenvalue weighted by Crippen LogP contribution is 2.29. The number of hydrogen-bond donors (Lipinski definition) is 1. The van der Waals surface area contributed by atoms with E-state index in [-0.39, 0.29) is 5.56 Å². The zero-order chi connectivity index (χ0) is 11.6. The Morgan fingerprint density at radius 3 is 2.53 bits per heavy atom.